The lowest BCUT2D eigenvalue weighted by Gasteiger charge is -2.15. The van der Waals surface area contributed by atoms with Gasteiger partial charge < -0.3 is 16.0 Å². The van der Waals surface area contributed by atoms with Crippen molar-refractivity contribution in [1.29, 1.82) is 0 Å². The van der Waals surface area contributed by atoms with Gasteiger partial charge in [0.05, 0.1) is 6.20 Å². The monoisotopic (exact) mass is 459 g/mol. The molecule has 4 heterocycles. The van der Waals surface area contributed by atoms with Crippen molar-refractivity contribution in [3.63, 3.8) is 0 Å². The van der Waals surface area contributed by atoms with Crippen LogP contribution in [0.5, 0.6) is 0 Å². The highest BCUT2D eigenvalue weighted by atomic mass is 16.2. The van der Waals surface area contributed by atoms with Crippen molar-refractivity contribution in [1.82, 2.24) is 35.1 Å². The lowest BCUT2D eigenvalue weighted by Crippen LogP contribution is -2.22. The number of amides is 3. The van der Waals surface area contributed by atoms with Gasteiger partial charge in [-0.25, -0.2) is 4.79 Å². The number of carbonyl (C=O) groups excluding carboxylic acids is 2. The highest BCUT2D eigenvalue weighted by molar-refractivity contribution is 6.14. The fourth-order valence-electron chi connectivity index (χ4n) is 4.27. The Morgan fingerprint density at radius 2 is 1.97 bits per heavy atom. The molecule has 3 aliphatic rings. The van der Waals surface area contributed by atoms with Crippen molar-refractivity contribution in [2.24, 2.45) is 0 Å². The number of carbonyl (C=O) groups is 2. The number of nitrogens with one attached hydrogen (secondary N) is 4. The average Bonchev–Trinajstić information content (AvgIpc) is 3.15. The molecule has 11 nitrogen and oxygen atoms in total. The number of nitrogens with zero attached hydrogens (tertiary/aromatic N) is 5. The summed E-state index contributed by atoms with van der Waals surface area (Å²) in [7, 11) is 0. The van der Waals surface area contributed by atoms with E-state index in [-0.39, 0.29) is 5.70 Å². The zero-order valence-corrected chi connectivity index (χ0v) is 18.5. The number of benzene rings is 1. The molecule has 34 heavy (non-hydrogen) atoms. The maximum absolute atomic E-state index is 12.0. The summed E-state index contributed by atoms with van der Waals surface area (Å²) in [5, 5.41) is 15.8. The van der Waals surface area contributed by atoms with Gasteiger partial charge in [0.2, 0.25) is 11.9 Å². The molecule has 1 aliphatic carbocycles. The summed E-state index contributed by atoms with van der Waals surface area (Å²) < 4.78 is 1.62. The van der Waals surface area contributed by atoms with Crippen LogP contribution < -0.4 is 21.3 Å². The van der Waals surface area contributed by atoms with Gasteiger partial charge in [-0.15, -0.1) is 0 Å². The first kappa shape index (κ1) is 20.6. The number of aromatic nitrogens is 4. The van der Waals surface area contributed by atoms with Crippen LogP contribution in [0.2, 0.25) is 0 Å². The highest BCUT2D eigenvalue weighted by Gasteiger charge is 2.26. The fraction of sp³-hybridized carbons (Fsp3) is 0.348. The van der Waals surface area contributed by atoms with E-state index in [9.17, 15) is 9.59 Å². The first-order valence-corrected chi connectivity index (χ1v) is 11.6. The molecule has 0 radical (unpaired) electrons. The molecule has 11 heteroatoms. The lowest BCUT2D eigenvalue weighted by atomic mass is 10.2. The third kappa shape index (κ3) is 4.29. The highest BCUT2D eigenvalue weighted by Crippen LogP contribution is 2.27. The van der Waals surface area contributed by atoms with Gasteiger partial charge in [-0.3, -0.25) is 15.0 Å². The van der Waals surface area contributed by atoms with Crippen molar-refractivity contribution < 1.29 is 9.59 Å². The molecule has 3 fully saturated rings. The van der Waals surface area contributed by atoms with E-state index in [0.717, 1.165) is 38.2 Å². The van der Waals surface area contributed by atoms with Gasteiger partial charge in [0, 0.05) is 23.8 Å². The summed E-state index contributed by atoms with van der Waals surface area (Å²) in [5.41, 5.74) is 3.41. The SMILES string of the molecule is O=C1NC(=O)/C(=C/c2cnn3c(NC4CC4)nc(Nc4cccc(CN5CCCC5)c4)nc23)N1. The second kappa shape index (κ2) is 8.41. The van der Waals surface area contributed by atoms with Crippen molar-refractivity contribution >= 4 is 41.2 Å². The molecular formula is C23H25N9O2. The van der Waals surface area contributed by atoms with Crippen molar-refractivity contribution in [2.45, 2.75) is 38.3 Å². The predicted octanol–water partition coefficient (Wildman–Crippen LogP) is 2.22. The zero-order valence-electron chi connectivity index (χ0n) is 18.5. The Hall–Kier alpha value is -3.99. The Morgan fingerprint density at radius 3 is 2.74 bits per heavy atom. The Kier molecular flexibility index (Phi) is 5.10. The van der Waals surface area contributed by atoms with E-state index >= 15 is 0 Å². The van der Waals surface area contributed by atoms with Gasteiger partial charge >= 0.3 is 6.03 Å². The number of hydrogen-bond donors (Lipinski definition) is 4. The van der Waals surface area contributed by atoms with Gasteiger partial charge in [-0.1, -0.05) is 12.1 Å². The molecule has 0 bridgehead atoms. The van der Waals surface area contributed by atoms with Gasteiger partial charge in [0.1, 0.15) is 5.70 Å². The third-order valence-corrected chi connectivity index (χ3v) is 6.11. The Morgan fingerprint density at radius 1 is 1.12 bits per heavy atom. The minimum absolute atomic E-state index is 0.152. The van der Waals surface area contributed by atoms with E-state index in [4.69, 9.17) is 0 Å². The molecule has 6 rings (SSSR count). The number of rotatable bonds is 7. The maximum Gasteiger partial charge on any atom is 0.326 e. The summed E-state index contributed by atoms with van der Waals surface area (Å²) in [4.78, 5) is 35.3. The Balaban J connectivity index is 1.32. The lowest BCUT2D eigenvalue weighted by molar-refractivity contribution is -0.115. The van der Waals surface area contributed by atoms with Crippen LogP contribution in [0.4, 0.5) is 22.4 Å². The topological polar surface area (TPSA) is 129 Å². The van der Waals surface area contributed by atoms with E-state index < -0.39 is 11.9 Å². The van der Waals surface area contributed by atoms with Crippen LogP contribution in [0.1, 0.15) is 36.8 Å². The summed E-state index contributed by atoms with van der Waals surface area (Å²) >= 11 is 0. The van der Waals surface area contributed by atoms with Crippen LogP contribution in [-0.4, -0.2) is 55.6 Å². The third-order valence-electron chi connectivity index (χ3n) is 6.11. The number of fused-ring (bicyclic) bond motifs is 1. The smallest absolute Gasteiger partial charge is 0.326 e. The van der Waals surface area contributed by atoms with E-state index in [2.05, 4.69) is 53.4 Å². The summed E-state index contributed by atoms with van der Waals surface area (Å²) in [6, 6.07) is 8.10. The van der Waals surface area contributed by atoms with E-state index in [1.165, 1.54) is 18.4 Å². The summed E-state index contributed by atoms with van der Waals surface area (Å²) in [5.74, 6) is 0.518. The molecule has 0 atom stereocenters. The maximum atomic E-state index is 12.0. The molecule has 3 amide bonds. The predicted molar refractivity (Wildman–Crippen MR) is 126 cm³/mol. The fourth-order valence-corrected chi connectivity index (χ4v) is 4.27. The van der Waals surface area contributed by atoms with Gasteiger partial charge in [0.25, 0.3) is 5.91 Å². The van der Waals surface area contributed by atoms with Crippen molar-refractivity contribution in [3.8, 4) is 0 Å². The molecule has 0 unspecified atom stereocenters. The van der Waals surface area contributed by atoms with Crippen LogP contribution in [-0.2, 0) is 11.3 Å². The standard InChI is InChI=1S/C23H25N9O2/c33-20-18(27-23(34)29-20)11-15-12-24-32-19(15)28-21(30-22(32)26-16-6-7-16)25-17-5-3-4-14(10-17)13-31-8-1-2-9-31/h3-5,10-12,16H,1-2,6-9,13H2,(H2,25,26,28,30)(H2,27,29,33,34)/b18-11-. The molecule has 2 aliphatic heterocycles. The minimum Gasteiger partial charge on any atom is -0.351 e. The van der Waals surface area contributed by atoms with Crippen LogP contribution in [0.3, 0.4) is 0 Å². The number of urea groups is 1. The molecule has 3 aromatic rings. The van der Waals surface area contributed by atoms with Gasteiger partial charge in [0.15, 0.2) is 5.65 Å². The molecule has 2 aromatic heterocycles. The van der Waals surface area contributed by atoms with Crippen LogP contribution in [0.15, 0.2) is 36.2 Å². The number of imide groups is 1. The quantitative estimate of drug-likeness (QED) is 0.313. The number of anilines is 3. The molecule has 4 N–H and O–H groups in total. The minimum atomic E-state index is -0.547. The normalized spacial score (nSPS) is 19.6. The second-order valence-electron chi connectivity index (χ2n) is 8.90. The van der Waals surface area contributed by atoms with E-state index in [1.807, 2.05) is 12.1 Å². The largest absolute Gasteiger partial charge is 0.351 e. The van der Waals surface area contributed by atoms with Gasteiger partial charge in [-0.2, -0.15) is 19.6 Å². The number of hydrogen-bond acceptors (Lipinski definition) is 8. The Bertz CT molecular complexity index is 1310. The molecular weight excluding hydrogens is 434 g/mol. The molecule has 2 saturated heterocycles. The average molecular weight is 460 g/mol. The van der Waals surface area contributed by atoms with Gasteiger partial charge in [-0.05, 0) is 62.5 Å². The molecule has 1 aromatic carbocycles. The van der Waals surface area contributed by atoms with Crippen LogP contribution >= 0.6 is 0 Å². The molecule has 1 saturated carbocycles. The van der Waals surface area contributed by atoms with Crippen molar-refractivity contribution in [3.05, 3.63) is 47.3 Å². The van der Waals surface area contributed by atoms with Crippen LogP contribution in [0, 0.1) is 0 Å². The zero-order chi connectivity index (χ0) is 23.1. The molecule has 174 valence electrons. The van der Waals surface area contributed by atoms with Crippen molar-refractivity contribution in [2.75, 3.05) is 23.7 Å². The summed E-state index contributed by atoms with van der Waals surface area (Å²) in [6.45, 7) is 3.22. The second-order valence-corrected chi connectivity index (χ2v) is 8.90. The number of likely N-dealkylation sites (tertiary alicyclic amines) is 1. The van der Waals surface area contributed by atoms with Crippen LogP contribution in [0.25, 0.3) is 11.7 Å². The van der Waals surface area contributed by atoms with E-state index in [1.54, 1.807) is 16.8 Å². The Labute approximate surface area is 195 Å². The van der Waals surface area contributed by atoms with E-state index in [0.29, 0.717) is 29.1 Å². The summed E-state index contributed by atoms with van der Waals surface area (Å²) in [6.07, 6.45) is 7.86. The molecule has 0 spiro atoms. The first-order valence-electron chi connectivity index (χ1n) is 11.6. The first-order chi connectivity index (χ1) is 16.6.